The lowest BCUT2D eigenvalue weighted by Crippen LogP contribution is -2.36. The molecule has 18 heavy (non-hydrogen) atoms. The molecule has 0 aromatic heterocycles. The van der Waals surface area contributed by atoms with Gasteiger partial charge in [-0.1, -0.05) is 13.3 Å². The molecule has 0 heterocycles. The third kappa shape index (κ3) is 4.27. The number of unbranched alkanes of at least 4 members (excludes halogenated alkanes) is 1. The molecule has 1 rings (SSSR count). The molecule has 100 valence electrons. The van der Waals surface area contributed by atoms with E-state index < -0.39 is 0 Å². The summed E-state index contributed by atoms with van der Waals surface area (Å²) < 4.78 is 13.9. The molecular formula is C12H18BrFN4. The quantitative estimate of drug-likeness (QED) is 0.263. The molecule has 0 atom stereocenters. The summed E-state index contributed by atoms with van der Waals surface area (Å²) in [4.78, 5) is 4.26. The second-order valence-corrected chi connectivity index (χ2v) is 4.79. The van der Waals surface area contributed by atoms with Crippen molar-refractivity contribution in [1.29, 1.82) is 0 Å². The largest absolute Gasteiger partial charge is 0.325 e. The highest BCUT2D eigenvalue weighted by atomic mass is 79.9. The number of guanidine groups is 1. The number of rotatable bonds is 4. The van der Waals surface area contributed by atoms with Gasteiger partial charge in [-0.3, -0.25) is 10.4 Å². The van der Waals surface area contributed by atoms with E-state index in [1.54, 1.807) is 6.07 Å². The van der Waals surface area contributed by atoms with Crippen LogP contribution in [0.3, 0.4) is 0 Å². The van der Waals surface area contributed by atoms with E-state index in [0.717, 1.165) is 18.4 Å². The van der Waals surface area contributed by atoms with Crippen molar-refractivity contribution in [3.05, 3.63) is 28.0 Å². The van der Waals surface area contributed by atoms with Gasteiger partial charge in [0.15, 0.2) is 0 Å². The number of hydrazine groups is 1. The molecule has 0 spiro atoms. The fourth-order valence-corrected chi connectivity index (χ4v) is 1.84. The number of hydrogen-bond donors (Lipinski definition) is 3. The first-order valence-electron chi connectivity index (χ1n) is 5.82. The lowest BCUT2D eigenvalue weighted by Gasteiger charge is -2.12. The summed E-state index contributed by atoms with van der Waals surface area (Å²) in [5, 5.41) is 2.98. The number of anilines is 1. The van der Waals surface area contributed by atoms with Gasteiger partial charge in [-0.2, -0.15) is 0 Å². The zero-order valence-corrected chi connectivity index (χ0v) is 12.1. The molecule has 4 N–H and O–H groups in total. The number of hydrogen-bond acceptors (Lipinski definition) is 2. The van der Waals surface area contributed by atoms with E-state index in [2.05, 4.69) is 38.6 Å². The second-order valence-electron chi connectivity index (χ2n) is 3.93. The van der Waals surface area contributed by atoms with Gasteiger partial charge in [0.25, 0.3) is 0 Å². The maximum absolute atomic E-state index is 13.4. The van der Waals surface area contributed by atoms with Crippen LogP contribution in [0, 0.1) is 12.7 Å². The monoisotopic (exact) mass is 316 g/mol. The number of nitrogens with zero attached hydrogens (tertiary/aromatic N) is 1. The minimum Gasteiger partial charge on any atom is -0.325 e. The van der Waals surface area contributed by atoms with Crippen LogP contribution in [0.1, 0.15) is 25.3 Å². The van der Waals surface area contributed by atoms with Crippen LogP contribution >= 0.6 is 15.9 Å². The normalized spacial score (nSPS) is 11.5. The van der Waals surface area contributed by atoms with Crippen molar-refractivity contribution in [2.75, 3.05) is 11.9 Å². The molecule has 0 saturated carbocycles. The Morgan fingerprint density at radius 2 is 2.22 bits per heavy atom. The first kappa shape index (κ1) is 14.9. The highest BCUT2D eigenvalue weighted by Crippen LogP contribution is 2.23. The number of halogens is 2. The van der Waals surface area contributed by atoms with Crippen molar-refractivity contribution in [2.24, 2.45) is 10.8 Å². The summed E-state index contributed by atoms with van der Waals surface area (Å²) in [5.41, 5.74) is 4.02. The lowest BCUT2D eigenvalue weighted by molar-refractivity contribution is 0.621. The van der Waals surface area contributed by atoms with Crippen molar-refractivity contribution in [1.82, 2.24) is 5.43 Å². The van der Waals surface area contributed by atoms with Gasteiger partial charge >= 0.3 is 0 Å². The SMILES string of the molecule is CCCCN=C(NN)Nc1cc(F)c(Br)cc1C. The molecule has 1 aromatic carbocycles. The van der Waals surface area contributed by atoms with E-state index in [9.17, 15) is 4.39 Å². The topological polar surface area (TPSA) is 62.4 Å². The van der Waals surface area contributed by atoms with Crippen LogP contribution in [0.4, 0.5) is 10.1 Å². The summed E-state index contributed by atoms with van der Waals surface area (Å²) in [5.74, 6) is 5.49. The molecule has 0 amide bonds. The number of nitrogens with two attached hydrogens (primary N) is 1. The maximum Gasteiger partial charge on any atom is 0.210 e. The number of aryl methyl sites for hydroxylation is 1. The molecule has 0 aliphatic rings. The molecule has 0 saturated heterocycles. The van der Waals surface area contributed by atoms with Crippen LogP contribution in [0.5, 0.6) is 0 Å². The van der Waals surface area contributed by atoms with E-state index in [1.807, 2.05) is 6.92 Å². The zero-order valence-electron chi connectivity index (χ0n) is 10.6. The summed E-state index contributed by atoms with van der Waals surface area (Å²) in [6.45, 7) is 4.65. The van der Waals surface area contributed by atoms with E-state index >= 15 is 0 Å². The lowest BCUT2D eigenvalue weighted by atomic mass is 10.2. The Morgan fingerprint density at radius 1 is 1.50 bits per heavy atom. The van der Waals surface area contributed by atoms with Crippen molar-refractivity contribution in [2.45, 2.75) is 26.7 Å². The fraction of sp³-hybridized carbons (Fsp3) is 0.417. The van der Waals surface area contributed by atoms with E-state index in [1.165, 1.54) is 6.07 Å². The average molecular weight is 317 g/mol. The maximum atomic E-state index is 13.4. The third-order valence-electron chi connectivity index (χ3n) is 2.44. The number of aliphatic imine (C=N–C) groups is 1. The van der Waals surface area contributed by atoms with Gasteiger partial charge in [0.2, 0.25) is 5.96 Å². The average Bonchev–Trinajstić information content (AvgIpc) is 2.34. The molecule has 6 heteroatoms. The molecule has 0 bridgehead atoms. The Labute approximate surface area is 115 Å². The summed E-state index contributed by atoms with van der Waals surface area (Å²) in [6, 6.07) is 3.12. The highest BCUT2D eigenvalue weighted by Gasteiger charge is 2.06. The highest BCUT2D eigenvalue weighted by molar-refractivity contribution is 9.10. The third-order valence-corrected chi connectivity index (χ3v) is 3.05. The molecule has 0 aliphatic carbocycles. The van der Waals surface area contributed by atoms with Crippen LogP contribution in [-0.2, 0) is 0 Å². The minimum absolute atomic E-state index is 0.326. The minimum atomic E-state index is -0.326. The Morgan fingerprint density at radius 3 is 2.83 bits per heavy atom. The molecule has 4 nitrogen and oxygen atoms in total. The summed E-state index contributed by atoms with van der Waals surface area (Å²) in [6.07, 6.45) is 2.05. The number of nitrogens with one attached hydrogen (secondary N) is 2. The fourth-order valence-electron chi connectivity index (χ4n) is 1.38. The van der Waals surface area contributed by atoms with E-state index in [-0.39, 0.29) is 5.82 Å². The predicted molar refractivity (Wildman–Crippen MR) is 77.0 cm³/mol. The van der Waals surface area contributed by atoms with Gasteiger partial charge in [-0.15, -0.1) is 0 Å². The molecule has 0 unspecified atom stereocenters. The van der Waals surface area contributed by atoms with Crippen LogP contribution in [0.2, 0.25) is 0 Å². The summed E-state index contributed by atoms with van der Waals surface area (Å²) >= 11 is 3.14. The summed E-state index contributed by atoms with van der Waals surface area (Å²) in [7, 11) is 0. The van der Waals surface area contributed by atoms with Crippen molar-refractivity contribution < 1.29 is 4.39 Å². The molecule has 1 aromatic rings. The zero-order chi connectivity index (χ0) is 13.5. The first-order valence-corrected chi connectivity index (χ1v) is 6.61. The van der Waals surface area contributed by atoms with Gasteiger partial charge in [0, 0.05) is 12.2 Å². The standard InChI is InChI=1S/C12H18BrFN4/c1-3-4-5-16-12(18-15)17-11-7-10(14)9(13)6-8(11)2/h6-7H,3-5,15H2,1-2H3,(H2,16,17,18). The number of benzene rings is 1. The van der Waals surface area contributed by atoms with Gasteiger partial charge in [-0.05, 0) is 47.0 Å². The Kier molecular flexibility index (Phi) is 6.07. The first-order chi connectivity index (χ1) is 8.58. The van der Waals surface area contributed by atoms with E-state index in [0.29, 0.717) is 22.7 Å². The smallest absolute Gasteiger partial charge is 0.210 e. The van der Waals surface area contributed by atoms with Crippen LogP contribution < -0.4 is 16.6 Å². The van der Waals surface area contributed by atoms with Crippen LogP contribution in [0.15, 0.2) is 21.6 Å². The van der Waals surface area contributed by atoms with Crippen molar-refractivity contribution >= 4 is 27.6 Å². The van der Waals surface area contributed by atoms with Gasteiger partial charge < -0.3 is 5.32 Å². The van der Waals surface area contributed by atoms with E-state index in [4.69, 9.17) is 5.84 Å². The van der Waals surface area contributed by atoms with Gasteiger partial charge in [0.1, 0.15) is 5.82 Å². The molecule has 0 radical (unpaired) electrons. The van der Waals surface area contributed by atoms with Gasteiger partial charge in [-0.25, -0.2) is 10.2 Å². The Balaban J connectivity index is 2.81. The molecule has 0 fully saturated rings. The predicted octanol–water partition coefficient (Wildman–Crippen LogP) is 2.93. The van der Waals surface area contributed by atoms with Crippen LogP contribution in [-0.4, -0.2) is 12.5 Å². The second kappa shape index (κ2) is 7.33. The van der Waals surface area contributed by atoms with Crippen LogP contribution in [0.25, 0.3) is 0 Å². The Hall–Kier alpha value is -1.14. The van der Waals surface area contributed by atoms with Gasteiger partial charge in [0.05, 0.1) is 4.47 Å². The van der Waals surface area contributed by atoms with Crippen molar-refractivity contribution in [3.63, 3.8) is 0 Å². The Bertz CT molecular complexity index is 434. The van der Waals surface area contributed by atoms with Crippen molar-refractivity contribution in [3.8, 4) is 0 Å². The molecule has 0 aliphatic heterocycles. The molecular weight excluding hydrogens is 299 g/mol.